The second-order valence-electron chi connectivity index (χ2n) is 8.54. The molecule has 1 amide bonds. The molecule has 40 heavy (non-hydrogen) atoms. The molecular formula is C25H31ClN6O7S. The summed E-state index contributed by atoms with van der Waals surface area (Å²) in [7, 11) is -4.15. The summed E-state index contributed by atoms with van der Waals surface area (Å²) in [6, 6.07) is 11.8. The molecule has 0 spiro atoms. The topological polar surface area (TPSA) is 209 Å². The van der Waals surface area contributed by atoms with Gasteiger partial charge < -0.3 is 27.6 Å². The lowest BCUT2D eigenvalue weighted by molar-refractivity contribution is -0.459. The van der Waals surface area contributed by atoms with Crippen LogP contribution in [0.15, 0.2) is 70.5 Å². The second-order valence-corrected chi connectivity index (χ2v) is 10.3. The van der Waals surface area contributed by atoms with Gasteiger partial charge in [-0.1, -0.05) is 18.2 Å². The number of carbonyl (C=O) groups is 2. The molecule has 0 bridgehead atoms. The van der Waals surface area contributed by atoms with Crippen LogP contribution in [0.25, 0.3) is 5.52 Å². The number of nitrogens with one attached hydrogen (secondary N) is 3. The Morgan fingerprint density at radius 1 is 1.02 bits per heavy atom. The molecule has 216 valence electrons. The number of hydrogen-bond donors (Lipinski definition) is 6. The van der Waals surface area contributed by atoms with Crippen molar-refractivity contribution < 1.29 is 45.2 Å². The summed E-state index contributed by atoms with van der Waals surface area (Å²) in [5, 5.41) is 11.8. The van der Waals surface area contributed by atoms with Crippen molar-refractivity contribution in [2.75, 3.05) is 19.7 Å². The normalized spacial score (nSPS) is 11.7. The van der Waals surface area contributed by atoms with Crippen LogP contribution in [-0.4, -0.2) is 61.5 Å². The fourth-order valence-corrected chi connectivity index (χ4v) is 4.79. The number of carboxylic acid groups (broad SMARTS) is 1. The standard InChI is InChI=1S/C25H30N6O7S.ClH/c26-25(27)28-13-5-2-6-14-38-18-11-9-17-10-12-20(23(33)31(17)16-18)22(32)29-15-21(24(34)35)30-39(36,37)19-7-3-1-4-8-19;/h1,3-4,7-12,16,21,30H,2,5-6,13-15H2,(H,29,32)(H,34,35)(H4,26,27,28);1H/t21-;/m0./s1. The van der Waals surface area contributed by atoms with Crippen LogP contribution in [0.3, 0.4) is 0 Å². The maximum atomic E-state index is 13.0. The molecule has 0 aliphatic rings. The van der Waals surface area contributed by atoms with E-state index in [0.717, 1.165) is 19.3 Å². The monoisotopic (exact) mass is 594 g/mol. The van der Waals surface area contributed by atoms with E-state index < -0.39 is 40.0 Å². The van der Waals surface area contributed by atoms with Gasteiger partial charge in [0.2, 0.25) is 10.0 Å². The number of nitrogens with two attached hydrogens (primary N) is 2. The number of halogens is 1. The fraction of sp³-hybridized carbons (Fsp3) is 0.280. The fourth-order valence-electron chi connectivity index (χ4n) is 3.58. The third kappa shape index (κ3) is 8.97. The quantitative estimate of drug-likeness (QED) is 0.0601. The average molecular weight is 595 g/mol. The minimum atomic E-state index is -4.15. The van der Waals surface area contributed by atoms with Gasteiger partial charge in [0.05, 0.1) is 24.2 Å². The van der Waals surface area contributed by atoms with Crippen LogP contribution in [0.4, 0.5) is 0 Å². The molecule has 0 aliphatic carbocycles. The number of guanidine groups is 1. The molecule has 0 radical (unpaired) electrons. The van der Waals surface area contributed by atoms with Gasteiger partial charge in [0, 0.05) is 12.1 Å². The number of rotatable bonds is 14. The Morgan fingerprint density at radius 2 is 1.73 bits per heavy atom. The number of sulfonamides is 1. The number of amides is 1. The van der Waals surface area contributed by atoms with E-state index in [1.165, 1.54) is 40.9 Å². The highest BCUT2D eigenvalue weighted by Crippen LogP contribution is 2.13. The number of pyridine rings is 2. The van der Waals surface area contributed by atoms with Gasteiger partial charge in [-0.25, -0.2) is 8.42 Å². The molecule has 3 rings (SSSR count). The van der Waals surface area contributed by atoms with Gasteiger partial charge in [0.25, 0.3) is 11.5 Å². The molecule has 13 nitrogen and oxygen atoms in total. The number of carbonyl (C=O) groups excluding carboxylic acids is 1. The number of fused-ring (bicyclic) bond motifs is 1. The van der Waals surface area contributed by atoms with Crippen molar-refractivity contribution in [1.82, 2.24) is 14.4 Å². The molecule has 2 aromatic heterocycles. The number of hydrogen-bond acceptors (Lipinski definition) is 6. The molecule has 0 saturated heterocycles. The van der Waals surface area contributed by atoms with Crippen LogP contribution in [-0.2, 0) is 14.8 Å². The number of benzene rings is 1. The summed E-state index contributed by atoms with van der Waals surface area (Å²) < 4.78 is 34.0. The van der Waals surface area contributed by atoms with E-state index in [2.05, 4.69) is 15.0 Å². The first-order valence-corrected chi connectivity index (χ1v) is 13.5. The summed E-state index contributed by atoms with van der Waals surface area (Å²) in [5.41, 5.74) is 10.3. The van der Waals surface area contributed by atoms with Gasteiger partial charge >= 0.3 is 11.9 Å². The molecule has 0 saturated carbocycles. The van der Waals surface area contributed by atoms with Crippen molar-refractivity contribution in [2.45, 2.75) is 30.2 Å². The first-order chi connectivity index (χ1) is 18.6. The highest BCUT2D eigenvalue weighted by atomic mass is 35.5. The van der Waals surface area contributed by atoms with Crippen LogP contribution in [0.1, 0.15) is 29.6 Å². The second kappa shape index (κ2) is 14.9. The highest BCUT2D eigenvalue weighted by Gasteiger charge is 2.26. The van der Waals surface area contributed by atoms with Crippen LogP contribution >= 0.6 is 0 Å². The Balaban J connectivity index is 0.00000560. The van der Waals surface area contributed by atoms with Crippen molar-refractivity contribution in [3.63, 3.8) is 0 Å². The Kier molecular flexibility index (Phi) is 11.9. The predicted octanol–water partition coefficient (Wildman–Crippen LogP) is -4.63. The van der Waals surface area contributed by atoms with Gasteiger partial charge in [-0.15, -0.1) is 0 Å². The van der Waals surface area contributed by atoms with Crippen molar-refractivity contribution in [3.05, 3.63) is 76.7 Å². The zero-order valence-electron chi connectivity index (χ0n) is 21.4. The van der Waals surface area contributed by atoms with E-state index in [4.69, 9.17) is 16.2 Å². The van der Waals surface area contributed by atoms with Gasteiger partial charge in [0.1, 0.15) is 17.4 Å². The van der Waals surface area contributed by atoms with Gasteiger partial charge in [-0.3, -0.25) is 35.2 Å². The third-order valence-electron chi connectivity index (χ3n) is 5.60. The summed E-state index contributed by atoms with van der Waals surface area (Å²) in [4.78, 5) is 40.1. The number of carboxylic acids is 1. The Bertz CT molecular complexity index is 1510. The summed E-state index contributed by atoms with van der Waals surface area (Å²) in [5.74, 6) is -1.74. The van der Waals surface area contributed by atoms with Crippen molar-refractivity contribution in [3.8, 4) is 5.75 Å². The zero-order valence-corrected chi connectivity index (χ0v) is 23.0. The summed E-state index contributed by atoms with van der Waals surface area (Å²) in [6.45, 7) is 0.485. The number of aliphatic carboxylic acids is 1. The minimum Gasteiger partial charge on any atom is -1.00 e. The summed E-state index contributed by atoms with van der Waals surface area (Å²) >= 11 is 0. The van der Waals surface area contributed by atoms with E-state index in [-0.39, 0.29) is 28.8 Å². The van der Waals surface area contributed by atoms with E-state index in [1.807, 2.05) is 0 Å². The molecule has 1 atom stereocenters. The number of nitrogens with zero attached hydrogens (tertiary/aromatic N) is 1. The van der Waals surface area contributed by atoms with Crippen LogP contribution in [0, 0.1) is 0 Å². The maximum Gasteiger partial charge on any atom is 0.338 e. The largest absolute Gasteiger partial charge is 1.00 e. The van der Waals surface area contributed by atoms with Crippen LogP contribution in [0.5, 0.6) is 5.75 Å². The number of ether oxygens (including phenoxy) is 1. The Labute approximate surface area is 236 Å². The average Bonchev–Trinajstić information content (AvgIpc) is 2.91. The molecular weight excluding hydrogens is 564 g/mol. The minimum absolute atomic E-state index is 0. The van der Waals surface area contributed by atoms with Crippen molar-refractivity contribution >= 4 is 33.4 Å². The van der Waals surface area contributed by atoms with E-state index in [9.17, 15) is 27.9 Å². The van der Waals surface area contributed by atoms with E-state index in [0.29, 0.717) is 24.4 Å². The summed E-state index contributed by atoms with van der Waals surface area (Å²) in [6.07, 6.45) is 3.96. The lowest BCUT2D eigenvalue weighted by atomic mass is 10.2. The zero-order chi connectivity index (χ0) is 28.4. The lowest BCUT2D eigenvalue weighted by Gasteiger charge is -2.16. The molecule has 0 unspecified atom stereocenters. The van der Waals surface area contributed by atoms with Crippen LogP contribution in [0.2, 0.25) is 0 Å². The van der Waals surface area contributed by atoms with Crippen molar-refractivity contribution in [2.24, 2.45) is 11.5 Å². The molecule has 3 aromatic rings. The molecule has 0 aliphatic heterocycles. The smallest absolute Gasteiger partial charge is 0.338 e. The van der Waals surface area contributed by atoms with Crippen LogP contribution < -0.4 is 49.2 Å². The molecule has 0 fully saturated rings. The molecule has 15 heteroatoms. The van der Waals surface area contributed by atoms with E-state index in [1.54, 1.807) is 24.3 Å². The lowest BCUT2D eigenvalue weighted by Crippen LogP contribution is -3.00. The van der Waals surface area contributed by atoms with E-state index >= 15 is 0 Å². The Morgan fingerprint density at radius 3 is 2.40 bits per heavy atom. The first kappa shape index (κ1) is 32.1. The van der Waals surface area contributed by atoms with Gasteiger partial charge in [-0.2, -0.15) is 4.72 Å². The SMILES string of the molecule is NC(N)=[NH+]CCCCCOc1ccc2ccc(C(=O)NC[C@H](NS(=O)(=O)c3ccccc3)C(=O)O)c(=O)n2c1.[Cl-]. The van der Waals surface area contributed by atoms with Gasteiger partial charge in [0.15, 0.2) is 0 Å². The number of aromatic nitrogens is 1. The maximum absolute atomic E-state index is 13.0. The Hall–Kier alpha value is -4.14. The first-order valence-electron chi connectivity index (χ1n) is 12.1. The molecule has 8 N–H and O–H groups in total. The third-order valence-corrected chi connectivity index (χ3v) is 7.09. The number of unbranched alkanes of at least 4 members (excludes halogenated alkanes) is 2. The molecule has 1 aromatic carbocycles. The molecule has 2 heterocycles. The highest BCUT2D eigenvalue weighted by molar-refractivity contribution is 7.89. The van der Waals surface area contributed by atoms with Gasteiger partial charge in [-0.05, 0) is 55.7 Å². The van der Waals surface area contributed by atoms with Crippen molar-refractivity contribution in [1.29, 1.82) is 0 Å². The predicted molar refractivity (Wildman–Crippen MR) is 143 cm³/mol.